The van der Waals surface area contributed by atoms with Crippen LogP contribution in [0.25, 0.3) is 16.9 Å². The fourth-order valence-electron chi connectivity index (χ4n) is 2.86. The van der Waals surface area contributed by atoms with E-state index >= 15 is 0 Å². The van der Waals surface area contributed by atoms with E-state index in [0.717, 1.165) is 29.0 Å². The monoisotopic (exact) mass is 323 g/mol. The van der Waals surface area contributed by atoms with Crippen molar-refractivity contribution in [3.05, 3.63) is 60.4 Å². The standard InChI is InChI=1S/C19H21N3O2/c1-2-8-15(19(23)24)20-13-16-18(14-9-4-3-5-10-14)21-17-11-6-7-12-22(16)17/h3-7,9-12,15,20H,2,8,13H2,1H3,(H,23,24). The number of carboxylic acid groups (broad SMARTS) is 1. The van der Waals surface area contributed by atoms with Gasteiger partial charge >= 0.3 is 5.97 Å². The average Bonchev–Trinajstić information content (AvgIpc) is 2.98. The summed E-state index contributed by atoms with van der Waals surface area (Å²) in [6.07, 6.45) is 3.39. The van der Waals surface area contributed by atoms with E-state index in [9.17, 15) is 9.90 Å². The molecule has 2 N–H and O–H groups in total. The number of imidazole rings is 1. The number of nitrogens with zero attached hydrogens (tertiary/aromatic N) is 2. The number of hydrogen-bond donors (Lipinski definition) is 2. The molecule has 0 bridgehead atoms. The van der Waals surface area contributed by atoms with Crippen molar-refractivity contribution in [2.24, 2.45) is 0 Å². The molecule has 1 atom stereocenters. The van der Waals surface area contributed by atoms with Gasteiger partial charge in [0.25, 0.3) is 0 Å². The van der Waals surface area contributed by atoms with Gasteiger partial charge in [0, 0.05) is 18.3 Å². The zero-order valence-corrected chi connectivity index (χ0v) is 13.6. The van der Waals surface area contributed by atoms with Gasteiger partial charge in [-0.15, -0.1) is 0 Å². The minimum atomic E-state index is -0.813. The molecule has 124 valence electrons. The van der Waals surface area contributed by atoms with E-state index in [4.69, 9.17) is 4.98 Å². The molecule has 0 amide bonds. The molecule has 3 rings (SSSR count). The van der Waals surface area contributed by atoms with Crippen LogP contribution in [0.15, 0.2) is 54.7 Å². The van der Waals surface area contributed by atoms with Crippen LogP contribution in [-0.2, 0) is 11.3 Å². The Morgan fingerprint density at radius 2 is 1.96 bits per heavy atom. The highest BCUT2D eigenvalue weighted by Crippen LogP contribution is 2.24. The molecule has 1 unspecified atom stereocenters. The first kappa shape index (κ1) is 16.2. The lowest BCUT2D eigenvalue weighted by molar-refractivity contribution is -0.139. The maximum Gasteiger partial charge on any atom is 0.320 e. The Morgan fingerprint density at radius 3 is 2.67 bits per heavy atom. The summed E-state index contributed by atoms with van der Waals surface area (Å²) in [4.78, 5) is 16.1. The lowest BCUT2D eigenvalue weighted by atomic mass is 10.1. The number of carbonyl (C=O) groups is 1. The summed E-state index contributed by atoms with van der Waals surface area (Å²) >= 11 is 0. The minimum Gasteiger partial charge on any atom is -0.480 e. The Kier molecular flexibility index (Phi) is 4.91. The molecule has 24 heavy (non-hydrogen) atoms. The van der Waals surface area contributed by atoms with Gasteiger partial charge in [-0.25, -0.2) is 4.98 Å². The maximum atomic E-state index is 11.4. The van der Waals surface area contributed by atoms with Gasteiger partial charge in [-0.05, 0) is 18.6 Å². The second-order valence-corrected chi connectivity index (χ2v) is 5.76. The Labute approximate surface area is 141 Å². The van der Waals surface area contributed by atoms with Crippen molar-refractivity contribution in [1.29, 1.82) is 0 Å². The lowest BCUT2D eigenvalue weighted by Gasteiger charge is -2.14. The first-order chi connectivity index (χ1) is 11.7. The fourth-order valence-corrected chi connectivity index (χ4v) is 2.86. The number of carboxylic acids is 1. The van der Waals surface area contributed by atoms with Crippen LogP contribution in [0, 0.1) is 0 Å². The third kappa shape index (κ3) is 3.31. The number of pyridine rings is 1. The summed E-state index contributed by atoms with van der Waals surface area (Å²) in [5, 5.41) is 12.5. The van der Waals surface area contributed by atoms with Crippen LogP contribution in [0.4, 0.5) is 0 Å². The molecule has 2 heterocycles. The van der Waals surface area contributed by atoms with E-state index < -0.39 is 12.0 Å². The van der Waals surface area contributed by atoms with Crippen LogP contribution in [-0.4, -0.2) is 26.5 Å². The molecule has 1 aromatic carbocycles. The van der Waals surface area contributed by atoms with Gasteiger partial charge < -0.3 is 9.51 Å². The number of aromatic nitrogens is 2. The van der Waals surface area contributed by atoms with Crippen LogP contribution in [0.5, 0.6) is 0 Å². The summed E-state index contributed by atoms with van der Waals surface area (Å²) < 4.78 is 2.01. The highest BCUT2D eigenvalue weighted by Gasteiger charge is 2.19. The molecule has 5 heteroatoms. The number of aliphatic carboxylic acids is 1. The van der Waals surface area contributed by atoms with Gasteiger partial charge in [-0.1, -0.05) is 49.7 Å². The van der Waals surface area contributed by atoms with Gasteiger partial charge in [-0.2, -0.15) is 0 Å². The van der Waals surface area contributed by atoms with Crippen LogP contribution in [0.3, 0.4) is 0 Å². The molecular formula is C19H21N3O2. The summed E-state index contributed by atoms with van der Waals surface area (Å²) in [7, 11) is 0. The first-order valence-corrected chi connectivity index (χ1v) is 8.18. The number of fused-ring (bicyclic) bond motifs is 1. The van der Waals surface area contributed by atoms with Crippen molar-refractivity contribution in [2.45, 2.75) is 32.4 Å². The molecule has 0 fully saturated rings. The molecule has 0 aliphatic rings. The van der Waals surface area contributed by atoms with Gasteiger partial charge in [0.15, 0.2) is 0 Å². The van der Waals surface area contributed by atoms with Crippen molar-refractivity contribution in [1.82, 2.24) is 14.7 Å². The molecule has 0 aliphatic carbocycles. The zero-order chi connectivity index (χ0) is 16.9. The summed E-state index contributed by atoms with van der Waals surface area (Å²) in [6, 6.07) is 15.3. The van der Waals surface area contributed by atoms with E-state index in [1.54, 1.807) is 0 Å². The van der Waals surface area contributed by atoms with Crippen LogP contribution in [0.1, 0.15) is 25.5 Å². The smallest absolute Gasteiger partial charge is 0.320 e. The Balaban J connectivity index is 1.97. The second kappa shape index (κ2) is 7.27. The molecule has 5 nitrogen and oxygen atoms in total. The van der Waals surface area contributed by atoms with E-state index in [2.05, 4.69) is 5.32 Å². The number of rotatable bonds is 7. The number of benzene rings is 1. The maximum absolute atomic E-state index is 11.4. The van der Waals surface area contributed by atoms with E-state index in [-0.39, 0.29) is 0 Å². The third-order valence-corrected chi connectivity index (χ3v) is 4.07. The Hall–Kier alpha value is -2.66. The van der Waals surface area contributed by atoms with E-state index in [1.807, 2.05) is 66.1 Å². The molecular weight excluding hydrogens is 302 g/mol. The van der Waals surface area contributed by atoms with Crippen LogP contribution < -0.4 is 5.32 Å². The lowest BCUT2D eigenvalue weighted by Crippen LogP contribution is -2.36. The average molecular weight is 323 g/mol. The molecule has 0 aliphatic heterocycles. The molecule has 0 saturated carbocycles. The highest BCUT2D eigenvalue weighted by atomic mass is 16.4. The Morgan fingerprint density at radius 1 is 1.21 bits per heavy atom. The van der Waals surface area contributed by atoms with Crippen LogP contribution in [0.2, 0.25) is 0 Å². The van der Waals surface area contributed by atoms with E-state index in [1.165, 1.54) is 0 Å². The third-order valence-electron chi connectivity index (χ3n) is 4.07. The quantitative estimate of drug-likeness (QED) is 0.700. The van der Waals surface area contributed by atoms with Gasteiger partial charge in [0.05, 0.1) is 11.4 Å². The molecule has 2 aromatic heterocycles. The van der Waals surface area contributed by atoms with Gasteiger partial charge in [0.2, 0.25) is 0 Å². The predicted octanol–water partition coefficient (Wildman–Crippen LogP) is 3.34. The number of nitrogens with one attached hydrogen (secondary N) is 1. The summed E-state index contributed by atoms with van der Waals surface area (Å²) in [5.74, 6) is -0.813. The zero-order valence-electron chi connectivity index (χ0n) is 13.6. The van der Waals surface area contributed by atoms with Crippen molar-refractivity contribution >= 4 is 11.6 Å². The molecule has 3 aromatic rings. The van der Waals surface area contributed by atoms with Crippen molar-refractivity contribution in [3.8, 4) is 11.3 Å². The fraction of sp³-hybridized carbons (Fsp3) is 0.263. The van der Waals surface area contributed by atoms with E-state index in [0.29, 0.717) is 13.0 Å². The van der Waals surface area contributed by atoms with Crippen molar-refractivity contribution in [2.75, 3.05) is 0 Å². The van der Waals surface area contributed by atoms with Crippen LogP contribution >= 0.6 is 0 Å². The van der Waals surface area contributed by atoms with Crippen molar-refractivity contribution < 1.29 is 9.90 Å². The van der Waals surface area contributed by atoms with Gasteiger partial charge in [0.1, 0.15) is 11.7 Å². The molecule has 0 radical (unpaired) electrons. The van der Waals surface area contributed by atoms with Gasteiger partial charge in [-0.3, -0.25) is 10.1 Å². The predicted molar refractivity (Wildman–Crippen MR) is 93.8 cm³/mol. The second-order valence-electron chi connectivity index (χ2n) is 5.76. The summed E-state index contributed by atoms with van der Waals surface area (Å²) in [5.41, 5.74) is 3.74. The largest absolute Gasteiger partial charge is 0.480 e. The first-order valence-electron chi connectivity index (χ1n) is 8.18. The highest BCUT2D eigenvalue weighted by molar-refractivity contribution is 5.73. The molecule has 0 saturated heterocycles. The normalized spacial score (nSPS) is 12.4. The summed E-state index contributed by atoms with van der Waals surface area (Å²) in [6.45, 7) is 2.44. The molecule has 0 spiro atoms. The SMILES string of the molecule is CCCC(NCc1c(-c2ccccc2)nc2ccccn12)C(=O)O. The minimum absolute atomic E-state index is 0.451. The Bertz CT molecular complexity index is 827. The number of hydrogen-bond acceptors (Lipinski definition) is 3. The van der Waals surface area contributed by atoms with Crippen molar-refractivity contribution in [3.63, 3.8) is 0 Å². The topological polar surface area (TPSA) is 66.6 Å².